The van der Waals surface area contributed by atoms with Gasteiger partial charge in [0.25, 0.3) is 0 Å². The number of hydrogen-bond donors (Lipinski definition) is 0. The van der Waals surface area contributed by atoms with Gasteiger partial charge in [-0.15, -0.1) is 0 Å². The Balaban J connectivity index is 0.000000204. The zero-order chi connectivity index (χ0) is 34.3. The van der Waals surface area contributed by atoms with Crippen LogP contribution in [0.4, 0.5) is 11.4 Å². The Labute approximate surface area is 295 Å². The van der Waals surface area contributed by atoms with Crippen molar-refractivity contribution in [3.8, 4) is 0 Å². The molecular formula is C40H47Cl2N4Ru-. The SMILES string of the molecule is Cc1cc(C)c(N2[CH-]N(c3c(C)cc(C)cc3C)CC2)c(C)c1.Cc1cccnc1.Cc1cccnc1.[Cl][Ru]([Cl])=[CH]c1ccccc1. The molecule has 0 spiro atoms. The number of aromatic nitrogens is 2. The number of halogens is 2. The Morgan fingerprint density at radius 3 is 1.28 bits per heavy atom. The van der Waals surface area contributed by atoms with Crippen molar-refractivity contribution in [3.05, 3.63) is 160 Å². The summed E-state index contributed by atoms with van der Waals surface area (Å²) in [6.45, 7) is 21.6. The molecule has 0 radical (unpaired) electrons. The third-order valence-electron chi connectivity index (χ3n) is 7.32. The molecule has 0 saturated carbocycles. The van der Waals surface area contributed by atoms with Crippen LogP contribution in [-0.2, 0) is 13.5 Å². The first-order valence-electron chi connectivity index (χ1n) is 15.6. The van der Waals surface area contributed by atoms with E-state index in [2.05, 4.69) is 92.2 Å². The molecule has 0 atom stereocenters. The molecule has 0 unspecified atom stereocenters. The number of hydrogen-bond acceptors (Lipinski definition) is 4. The minimum atomic E-state index is -1.61. The van der Waals surface area contributed by atoms with Crippen molar-refractivity contribution in [1.29, 1.82) is 0 Å². The van der Waals surface area contributed by atoms with E-state index in [9.17, 15) is 0 Å². The molecule has 0 N–H and O–H groups in total. The van der Waals surface area contributed by atoms with E-state index < -0.39 is 13.5 Å². The second-order valence-electron chi connectivity index (χ2n) is 11.8. The molecule has 0 amide bonds. The van der Waals surface area contributed by atoms with Crippen LogP contribution in [0.25, 0.3) is 0 Å². The number of benzene rings is 3. The monoisotopic (exact) mass is 755 g/mol. The molecule has 0 bridgehead atoms. The van der Waals surface area contributed by atoms with Gasteiger partial charge in [0.2, 0.25) is 0 Å². The first-order chi connectivity index (χ1) is 22.4. The summed E-state index contributed by atoms with van der Waals surface area (Å²) in [6, 6.07) is 26.9. The molecule has 7 heteroatoms. The van der Waals surface area contributed by atoms with Crippen molar-refractivity contribution < 1.29 is 13.5 Å². The first-order valence-corrected chi connectivity index (χ1v) is 21.1. The van der Waals surface area contributed by atoms with Gasteiger partial charge in [0.05, 0.1) is 0 Å². The number of pyridine rings is 2. The molecule has 4 nitrogen and oxygen atoms in total. The second kappa shape index (κ2) is 19.5. The van der Waals surface area contributed by atoms with Crippen LogP contribution in [0.2, 0.25) is 0 Å². The van der Waals surface area contributed by atoms with Gasteiger partial charge in [0.15, 0.2) is 0 Å². The van der Waals surface area contributed by atoms with Gasteiger partial charge in [-0.05, 0) is 101 Å². The summed E-state index contributed by atoms with van der Waals surface area (Å²) in [4.78, 5) is 12.6. The van der Waals surface area contributed by atoms with Crippen LogP contribution in [0.15, 0.2) is 104 Å². The summed E-state index contributed by atoms with van der Waals surface area (Å²) in [7, 11) is 11.3. The van der Waals surface area contributed by atoms with Gasteiger partial charge in [-0.25, -0.2) is 0 Å². The second-order valence-corrected chi connectivity index (χ2v) is 17.5. The van der Waals surface area contributed by atoms with Crippen LogP contribution in [0.1, 0.15) is 50.1 Å². The molecular weight excluding hydrogens is 708 g/mol. The number of aryl methyl sites for hydroxylation is 8. The molecule has 0 aliphatic carbocycles. The van der Waals surface area contributed by atoms with Crippen LogP contribution in [0, 0.1) is 62.1 Å². The fourth-order valence-electron chi connectivity index (χ4n) is 5.60. The topological polar surface area (TPSA) is 32.3 Å². The summed E-state index contributed by atoms with van der Waals surface area (Å²) >= 11 is -1.61. The third-order valence-corrected chi connectivity index (χ3v) is 9.19. The van der Waals surface area contributed by atoms with Gasteiger partial charge in [-0.3, -0.25) is 9.97 Å². The normalized spacial score (nSPS) is 12.1. The Kier molecular flexibility index (Phi) is 15.8. The fourth-order valence-corrected chi connectivity index (χ4v) is 7.42. The van der Waals surface area contributed by atoms with Crippen LogP contribution in [0.5, 0.6) is 0 Å². The number of rotatable bonds is 3. The molecule has 3 heterocycles. The van der Waals surface area contributed by atoms with E-state index in [0.717, 1.165) is 18.7 Å². The van der Waals surface area contributed by atoms with Crippen LogP contribution < -0.4 is 9.80 Å². The third kappa shape index (κ3) is 13.0. The van der Waals surface area contributed by atoms with Crippen molar-refractivity contribution in [2.45, 2.75) is 55.4 Å². The van der Waals surface area contributed by atoms with E-state index in [0.29, 0.717) is 0 Å². The summed E-state index contributed by atoms with van der Waals surface area (Å²) in [5, 5.41) is 0. The minimum absolute atomic E-state index is 1.04. The quantitative estimate of drug-likeness (QED) is 0.136. The van der Waals surface area contributed by atoms with E-state index >= 15 is 0 Å². The van der Waals surface area contributed by atoms with E-state index in [1.165, 1.54) is 55.9 Å². The van der Waals surface area contributed by atoms with Gasteiger partial charge >= 0.3 is 73.4 Å². The molecule has 6 rings (SSSR count). The Morgan fingerprint density at radius 1 is 0.574 bits per heavy atom. The molecule has 47 heavy (non-hydrogen) atoms. The number of anilines is 2. The van der Waals surface area contributed by atoms with Crippen molar-refractivity contribution in [3.63, 3.8) is 0 Å². The predicted octanol–water partition coefficient (Wildman–Crippen LogP) is 10.5. The molecule has 1 saturated heterocycles. The zero-order valence-electron chi connectivity index (χ0n) is 28.8. The van der Waals surface area contributed by atoms with Gasteiger partial charge in [-0.2, -0.15) is 6.67 Å². The summed E-state index contributed by atoms with van der Waals surface area (Å²) in [5.41, 5.74) is 14.4. The van der Waals surface area contributed by atoms with Crippen LogP contribution in [0.3, 0.4) is 0 Å². The molecule has 5 aromatic rings. The Hall–Kier alpha value is -3.37. The molecule has 2 aromatic heterocycles. The molecule has 1 aliphatic rings. The zero-order valence-corrected chi connectivity index (χ0v) is 32.0. The van der Waals surface area contributed by atoms with Crippen molar-refractivity contribution in [2.75, 3.05) is 22.9 Å². The number of nitrogens with zero attached hydrogens (tertiary/aromatic N) is 4. The molecule has 3 aromatic carbocycles. The van der Waals surface area contributed by atoms with Gasteiger partial charge in [0.1, 0.15) is 0 Å². The van der Waals surface area contributed by atoms with Gasteiger partial charge in [-0.1, -0.05) is 47.5 Å². The Bertz CT molecular complexity index is 1560. The standard InChI is InChI=1S/C21H27N2.C7H6.2C6H7N.2ClH.Ru/c1-14-9-16(3)20(17(4)10-14)22-7-8-23(13-22)21-18(5)11-15(2)12-19(21)6;1-7-5-3-2-4-6-7;2*1-6-3-2-4-7-5-6;;;/h9-13H,7-8H2,1-6H3;1-6H;2*2-5H,1H3;2*1H;/q-1;;;;;;+2/p-2. The van der Waals surface area contributed by atoms with E-state index in [-0.39, 0.29) is 0 Å². The fraction of sp³-hybridized carbons (Fsp3) is 0.250. The van der Waals surface area contributed by atoms with Crippen LogP contribution in [-0.4, -0.2) is 27.7 Å². The average Bonchev–Trinajstić information content (AvgIpc) is 3.47. The summed E-state index contributed by atoms with van der Waals surface area (Å²) < 4.78 is 1.92. The van der Waals surface area contributed by atoms with Crippen molar-refractivity contribution >= 4 is 35.4 Å². The average molecular weight is 756 g/mol. The van der Waals surface area contributed by atoms with Crippen molar-refractivity contribution in [1.82, 2.24) is 9.97 Å². The maximum absolute atomic E-state index is 5.67. The summed E-state index contributed by atoms with van der Waals surface area (Å²) in [6.07, 6.45) is 7.21. The Morgan fingerprint density at radius 2 is 0.979 bits per heavy atom. The van der Waals surface area contributed by atoms with E-state index in [1.807, 2.05) is 85.4 Å². The molecule has 1 aliphatic heterocycles. The van der Waals surface area contributed by atoms with Crippen molar-refractivity contribution in [2.24, 2.45) is 0 Å². The molecule has 1 fully saturated rings. The predicted molar refractivity (Wildman–Crippen MR) is 202 cm³/mol. The molecule has 250 valence electrons. The summed E-state index contributed by atoms with van der Waals surface area (Å²) in [5.74, 6) is 0. The first kappa shape index (κ1) is 38.1. The van der Waals surface area contributed by atoms with Gasteiger partial charge in [0, 0.05) is 49.3 Å². The van der Waals surface area contributed by atoms with E-state index in [1.54, 1.807) is 12.4 Å². The maximum atomic E-state index is 5.67. The van der Waals surface area contributed by atoms with Crippen LogP contribution >= 0.6 is 19.4 Å². The van der Waals surface area contributed by atoms with Gasteiger partial charge < -0.3 is 9.80 Å². The van der Waals surface area contributed by atoms with E-state index in [4.69, 9.17) is 19.4 Å².